The third-order valence-corrected chi connectivity index (χ3v) is 6.09. The molecule has 0 bridgehead atoms. The Morgan fingerprint density at radius 2 is 1.63 bits per heavy atom. The summed E-state index contributed by atoms with van der Waals surface area (Å²) in [5.41, 5.74) is 5.03. The van der Waals surface area contributed by atoms with Crippen molar-refractivity contribution < 1.29 is 27.8 Å². The first-order valence-corrected chi connectivity index (χ1v) is 12.5. The molecule has 0 saturated carbocycles. The minimum absolute atomic E-state index is 0.556. The van der Waals surface area contributed by atoms with Gasteiger partial charge < -0.3 is 20.1 Å². The maximum atomic E-state index is 10.6. The van der Waals surface area contributed by atoms with Crippen LogP contribution in [0.15, 0.2) is 85.3 Å². The molecule has 0 unspecified atom stereocenters. The molecular weight excluding hydrogens is 539 g/mol. The lowest BCUT2D eigenvalue weighted by Gasteiger charge is -2.25. The zero-order valence-corrected chi connectivity index (χ0v) is 21.5. The summed E-state index contributed by atoms with van der Waals surface area (Å²) >= 11 is 0. The first-order chi connectivity index (χ1) is 19.8. The van der Waals surface area contributed by atoms with E-state index in [4.69, 9.17) is 19.6 Å². The molecular formula is C28H24F3N7O3. The fourth-order valence-electron chi connectivity index (χ4n) is 4.01. The number of nitrogens with one attached hydrogen (secondary N) is 1. The van der Waals surface area contributed by atoms with Crippen LogP contribution < -0.4 is 10.2 Å². The molecule has 3 aromatic carbocycles. The number of alkyl halides is 3. The minimum Gasteiger partial charge on any atom is -0.475 e. The predicted octanol–water partition coefficient (Wildman–Crippen LogP) is 5.09. The molecule has 1 aliphatic rings. The van der Waals surface area contributed by atoms with Crippen molar-refractivity contribution in [3.05, 3.63) is 85.3 Å². The number of hydrogen-bond donors (Lipinski definition) is 2. The standard InChI is InChI=1S/C26H23N7O.C2HF3O2/c1-2-4-19(5-3-1)20-6-7-21-17-27-25(30-24(21)16-20)29-22-8-10-23(11-9-22)33-18-28-26(31-33)32-12-14-34-15-13-32;3-2(4,5)1(6)7/h1-11,16-18H,12-15H2,(H,27,29,30);(H,6,7). The summed E-state index contributed by atoms with van der Waals surface area (Å²) in [5.74, 6) is -1.47. The molecule has 2 N–H and O–H groups in total. The van der Waals surface area contributed by atoms with E-state index in [1.54, 1.807) is 11.0 Å². The first-order valence-electron chi connectivity index (χ1n) is 12.5. The number of fused-ring (bicyclic) bond motifs is 1. The number of anilines is 3. The maximum Gasteiger partial charge on any atom is 0.490 e. The van der Waals surface area contributed by atoms with Gasteiger partial charge in [-0.3, -0.25) is 0 Å². The van der Waals surface area contributed by atoms with Gasteiger partial charge in [-0.1, -0.05) is 42.5 Å². The largest absolute Gasteiger partial charge is 0.490 e. The van der Waals surface area contributed by atoms with E-state index in [1.165, 1.54) is 0 Å². The van der Waals surface area contributed by atoms with Gasteiger partial charge in [0.25, 0.3) is 0 Å². The van der Waals surface area contributed by atoms with E-state index in [0.29, 0.717) is 19.2 Å². The lowest BCUT2D eigenvalue weighted by Crippen LogP contribution is -2.37. The lowest BCUT2D eigenvalue weighted by atomic mass is 10.0. The minimum atomic E-state index is -5.08. The molecule has 210 valence electrons. The molecule has 1 fully saturated rings. The summed E-state index contributed by atoms with van der Waals surface area (Å²) < 4.78 is 38.9. The van der Waals surface area contributed by atoms with Crippen molar-refractivity contribution >= 4 is 34.5 Å². The number of aliphatic carboxylic acids is 1. The Morgan fingerprint density at radius 1 is 0.927 bits per heavy atom. The van der Waals surface area contributed by atoms with Gasteiger partial charge in [-0.25, -0.2) is 19.4 Å². The van der Waals surface area contributed by atoms with Gasteiger partial charge in [0.05, 0.1) is 24.4 Å². The number of carboxylic acids is 1. The molecule has 5 aromatic rings. The Hall–Kier alpha value is -5.04. The number of hydrogen-bond acceptors (Lipinski definition) is 8. The Kier molecular flexibility index (Phi) is 8.06. The highest BCUT2D eigenvalue weighted by atomic mass is 19.4. The van der Waals surface area contributed by atoms with E-state index in [9.17, 15) is 13.2 Å². The van der Waals surface area contributed by atoms with Crippen molar-refractivity contribution in [3.63, 3.8) is 0 Å². The summed E-state index contributed by atoms with van der Waals surface area (Å²) in [7, 11) is 0. The molecule has 0 spiro atoms. The quantitative estimate of drug-likeness (QED) is 0.301. The molecule has 0 atom stereocenters. The number of carboxylic acid groups (broad SMARTS) is 1. The van der Waals surface area contributed by atoms with E-state index in [-0.39, 0.29) is 0 Å². The van der Waals surface area contributed by atoms with Crippen molar-refractivity contribution in [3.8, 4) is 16.8 Å². The zero-order chi connectivity index (χ0) is 28.8. The van der Waals surface area contributed by atoms with E-state index < -0.39 is 12.1 Å². The number of carbonyl (C=O) groups is 1. The topological polar surface area (TPSA) is 118 Å². The smallest absolute Gasteiger partial charge is 0.475 e. The van der Waals surface area contributed by atoms with Crippen LogP contribution in [0, 0.1) is 0 Å². The number of nitrogens with zero attached hydrogens (tertiary/aromatic N) is 6. The van der Waals surface area contributed by atoms with Crippen LogP contribution in [0.25, 0.3) is 27.7 Å². The summed E-state index contributed by atoms with van der Waals surface area (Å²) in [6.07, 6.45) is -1.50. The van der Waals surface area contributed by atoms with Crippen LogP contribution in [0.5, 0.6) is 0 Å². The molecule has 0 amide bonds. The second-order valence-electron chi connectivity index (χ2n) is 8.90. The first kappa shape index (κ1) is 27.5. The molecule has 10 nitrogen and oxygen atoms in total. The fraction of sp³-hybridized carbons (Fsp3) is 0.179. The number of benzene rings is 3. The van der Waals surface area contributed by atoms with Gasteiger partial charge in [0.1, 0.15) is 6.33 Å². The van der Waals surface area contributed by atoms with Crippen LogP contribution in [0.2, 0.25) is 0 Å². The van der Waals surface area contributed by atoms with Crippen molar-refractivity contribution in [1.82, 2.24) is 24.7 Å². The maximum absolute atomic E-state index is 10.6. The molecule has 1 saturated heterocycles. The third-order valence-electron chi connectivity index (χ3n) is 6.09. The van der Waals surface area contributed by atoms with Crippen molar-refractivity contribution in [2.45, 2.75) is 6.18 Å². The second kappa shape index (κ2) is 12.0. The molecule has 2 aromatic heterocycles. The van der Waals surface area contributed by atoms with E-state index >= 15 is 0 Å². The predicted molar refractivity (Wildman–Crippen MR) is 146 cm³/mol. The number of aromatic nitrogens is 5. The van der Waals surface area contributed by atoms with Gasteiger partial charge in [-0.05, 0) is 41.5 Å². The molecule has 3 heterocycles. The number of halogens is 3. The van der Waals surface area contributed by atoms with Crippen LogP contribution in [0.4, 0.5) is 30.8 Å². The molecule has 6 rings (SSSR count). The van der Waals surface area contributed by atoms with Crippen LogP contribution in [0.3, 0.4) is 0 Å². The fourth-order valence-corrected chi connectivity index (χ4v) is 4.01. The Balaban J connectivity index is 0.000000431. The normalized spacial score (nSPS) is 13.4. The highest BCUT2D eigenvalue weighted by Gasteiger charge is 2.38. The monoisotopic (exact) mass is 563 g/mol. The van der Waals surface area contributed by atoms with Gasteiger partial charge >= 0.3 is 12.1 Å². The van der Waals surface area contributed by atoms with Gasteiger partial charge in [0.2, 0.25) is 11.9 Å². The number of ether oxygens (including phenoxy) is 1. The average molecular weight is 564 g/mol. The Bertz CT molecular complexity index is 1620. The van der Waals surface area contributed by atoms with Crippen molar-refractivity contribution in [2.24, 2.45) is 0 Å². The molecule has 0 radical (unpaired) electrons. The van der Waals surface area contributed by atoms with Gasteiger partial charge in [0, 0.05) is 30.4 Å². The Labute approximate surface area is 232 Å². The lowest BCUT2D eigenvalue weighted by molar-refractivity contribution is -0.192. The van der Waals surface area contributed by atoms with E-state index in [2.05, 4.69) is 55.6 Å². The average Bonchev–Trinajstić information content (AvgIpc) is 3.49. The van der Waals surface area contributed by atoms with E-state index in [0.717, 1.165) is 52.4 Å². The summed E-state index contributed by atoms with van der Waals surface area (Å²) in [6, 6.07) is 24.5. The van der Waals surface area contributed by atoms with Crippen LogP contribution >= 0.6 is 0 Å². The van der Waals surface area contributed by atoms with Crippen LogP contribution in [-0.4, -0.2) is 68.3 Å². The zero-order valence-electron chi connectivity index (χ0n) is 21.5. The molecule has 13 heteroatoms. The summed E-state index contributed by atoms with van der Waals surface area (Å²) in [5, 5.41) is 16.0. The highest BCUT2D eigenvalue weighted by molar-refractivity contribution is 5.84. The van der Waals surface area contributed by atoms with Crippen LogP contribution in [0.1, 0.15) is 0 Å². The van der Waals surface area contributed by atoms with Gasteiger partial charge in [0.15, 0.2) is 0 Å². The second-order valence-corrected chi connectivity index (χ2v) is 8.90. The highest BCUT2D eigenvalue weighted by Crippen LogP contribution is 2.24. The van der Waals surface area contributed by atoms with Crippen LogP contribution in [-0.2, 0) is 9.53 Å². The molecule has 41 heavy (non-hydrogen) atoms. The molecule has 1 aliphatic heterocycles. The van der Waals surface area contributed by atoms with E-state index in [1.807, 2.05) is 48.7 Å². The van der Waals surface area contributed by atoms with Gasteiger partial charge in [-0.2, -0.15) is 18.2 Å². The molecule has 0 aliphatic carbocycles. The Morgan fingerprint density at radius 3 is 2.32 bits per heavy atom. The van der Waals surface area contributed by atoms with Gasteiger partial charge in [-0.15, -0.1) is 5.10 Å². The number of morpholine rings is 1. The van der Waals surface area contributed by atoms with Crippen molar-refractivity contribution in [2.75, 3.05) is 36.5 Å². The summed E-state index contributed by atoms with van der Waals surface area (Å²) in [6.45, 7) is 3.04. The van der Waals surface area contributed by atoms with Crippen molar-refractivity contribution in [1.29, 1.82) is 0 Å². The summed E-state index contributed by atoms with van der Waals surface area (Å²) in [4.78, 5) is 24.7. The third kappa shape index (κ3) is 6.94. The number of rotatable bonds is 5. The SMILES string of the molecule is O=C(O)C(F)(F)F.c1ccc(-c2ccc3cnc(Nc4ccc(-n5cnc(N6CCOCC6)n5)cc4)nc3c2)cc1.